The Balaban J connectivity index is 1.83. The van der Waals surface area contributed by atoms with Gasteiger partial charge in [-0.2, -0.15) is 0 Å². The Kier molecular flexibility index (Phi) is 6.13. The van der Waals surface area contributed by atoms with Crippen LogP contribution in [0.3, 0.4) is 0 Å². The maximum atomic E-state index is 14.1. The molecule has 10 heteroatoms. The van der Waals surface area contributed by atoms with Gasteiger partial charge >= 0.3 is 6.03 Å². The summed E-state index contributed by atoms with van der Waals surface area (Å²) >= 11 is 0. The molecule has 0 spiro atoms. The molecule has 1 fully saturated rings. The van der Waals surface area contributed by atoms with Crippen molar-refractivity contribution in [1.29, 1.82) is 5.41 Å². The molecule has 3 unspecified atom stereocenters. The largest absolute Gasteiger partial charge is 0.386 e. The number of amides is 2. The molecule has 0 bridgehead atoms. The van der Waals surface area contributed by atoms with E-state index in [1.54, 1.807) is 13.8 Å². The third-order valence-corrected chi connectivity index (χ3v) is 6.70. The molecule has 0 aromatic carbocycles. The Morgan fingerprint density at radius 2 is 2.14 bits per heavy atom. The minimum Gasteiger partial charge on any atom is -0.386 e. The lowest BCUT2D eigenvalue weighted by molar-refractivity contribution is 0.251. The van der Waals surface area contributed by atoms with Gasteiger partial charge in [-0.05, 0) is 63.0 Å². The molecule has 3 aliphatic rings. The Labute approximate surface area is 171 Å². The van der Waals surface area contributed by atoms with Crippen molar-refractivity contribution in [1.82, 2.24) is 16.0 Å². The highest BCUT2D eigenvalue weighted by Gasteiger charge is 2.38. The van der Waals surface area contributed by atoms with Crippen LogP contribution in [0.5, 0.6) is 0 Å². The van der Waals surface area contributed by atoms with E-state index in [4.69, 9.17) is 10.5 Å². The second kappa shape index (κ2) is 8.27. The van der Waals surface area contributed by atoms with E-state index in [-0.39, 0.29) is 12.1 Å². The molecule has 1 saturated carbocycles. The zero-order valence-corrected chi connectivity index (χ0v) is 17.8. The highest BCUT2D eigenvalue weighted by atomic mass is 32.2. The predicted octanol–water partition coefficient (Wildman–Crippen LogP) is 2.92. The highest BCUT2D eigenvalue weighted by molar-refractivity contribution is 8.07. The molecule has 0 aromatic rings. The van der Waals surface area contributed by atoms with E-state index in [1.165, 1.54) is 0 Å². The summed E-state index contributed by atoms with van der Waals surface area (Å²) in [4.78, 5) is 12.5. The Bertz CT molecular complexity index is 942. The van der Waals surface area contributed by atoms with Crippen LogP contribution >= 0.6 is 0 Å². The van der Waals surface area contributed by atoms with Gasteiger partial charge in [0.15, 0.2) is 20.8 Å². The first-order chi connectivity index (χ1) is 13.6. The van der Waals surface area contributed by atoms with Crippen LogP contribution in [0, 0.1) is 11.3 Å². The van der Waals surface area contributed by atoms with Gasteiger partial charge in [-0.1, -0.05) is 6.92 Å². The summed E-state index contributed by atoms with van der Waals surface area (Å²) in [5.74, 6) is -0.666. The molecule has 2 amide bonds. The fraction of sp³-hybridized carbons (Fsp3) is 0.579. The van der Waals surface area contributed by atoms with Crippen molar-refractivity contribution in [2.75, 3.05) is 0 Å². The van der Waals surface area contributed by atoms with E-state index >= 15 is 0 Å². The van der Waals surface area contributed by atoms with E-state index in [0.29, 0.717) is 5.92 Å². The number of carbonyl (C=O) groups is 1. The topological polar surface area (TPSA) is 132 Å². The molecule has 2 aliphatic carbocycles. The number of nitrogens with zero attached hydrogens (tertiary/aromatic N) is 1. The summed E-state index contributed by atoms with van der Waals surface area (Å²) in [6.07, 6.45) is 5.55. The molecule has 1 aliphatic heterocycles. The van der Waals surface area contributed by atoms with E-state index in [1.807, 2.05) is 0 Å². The second-order valence-electron chi connectivity index (χ2n) is 8.08. The van der Waals surface area contributed by atoms with Crippen molar-refractivity contribution in [3.8, 4) is 0 Å². The lowest BCUT2D eigenvalue weighted by Gasteiger charge is -2.30. The Morgan fingerprint density at radius 1 is 1.41 bits per heavy atom. The molecule has 8 nitrogen and oxygen atoms in total. The van der Waals surface area contributed by atoms with Crippen molar-refractivity contribution in [2.24, 2.45) is 15.4 Å². The quantitative estimate of drug-likeness (QED) is 0.350. The average Bonchev–Trinajstić information content (AvgIpc) is 3.25. The first-order valence-electron chi connectivity index (χ1n) is 9.88. The number of dihydropyridines is 1. The lowest BCUT2D eigenvalue weighted by atomic mass is 9.94. The van der Waals surface area contributed by atoms with Gasteiger partial charge in [-0.3, -0.25) is 5.41 Å². The van der Waals surface area contributed by atoms with E-state index in [9.17, 15) is 13.4 Å². The van der Waals surface area contributed by atoms with Gasteiger partial charge < -0.3 is 16.0 Å². The molecule has 3 atom stereocenters. The highest BCUT2D eigenvalue weighted by Crippen LogP contribution is 2.42. The van der Waals surface area contributed by atoms with Gasteiger partial charge in [0.25, 0.3) is 0 Å². The number of hydrogen-bond acceptors (Lipinski definition) is 5. The van der Waals surface area contributed by atoms with Crippen molar-refractivity contribution < 1.29 is 13.4 Å². The summed E-state index contributed by atoms with van der Waals surface area (Å²) in [5, 5.41) is 21.2. The number of hydrogen-bond donors (Lipinski definition) is 5. The number of nitrogens with one attached hydrogen (secondary N) is 4. The summed E-state index contributed by atoms with van der Waals surface area (Å²) in [7, 11) is -4.00. The van der Waals surface area contributed by atoms with Crippen molar-refractivity contribution >= 4 is 21.0 Å². The summed E-state index contributed by atoms with van der Waals surface area (Å²) in [6.45, 7) is 5.73. The zero-order valence-electron chi connectivity index (χ0n) is 17.0. The number of urea groups is 1. The molecule has 160 valence electrons. The molecule has 0 saturated heterocycles. The predicted molar refractivity (Wildman–Crippen MR) is 112 cm³/mol. The fourth-order valence-corrected chi connectivity index (χ4v) is 4.74. The molecule has 3 rings (SSSR count). The van der Waals surface area contributed by atoms with Crippen molar-refractivity contribution in [2.45, 2.75) is 65.0 Å². The third kappa shape index (κ3) is 4.53. The molecule has 29 heavy (non-hydrogen) atoms. The van der Waals surface area contributed by atoms with Crippen LogP contribution in [0.2, 0.25) is 0 Å². The van der Waals surface area contributed by atoms with E-state index in [2.05, 4.69) is 27.2 Å². The van der Waals surface area contributed by atoms with Gasteiger partial charge in [-0.15, -0.1) is 4.36 Å². The van der Waals surface area contributed by atoms with Crippen molar-refractivity contribution in [3.05, 3.63) is 34.6 Å². The van der Waals surface area contributed by atoms with Crippen LogP contribution in [0.1, 0.15) is 52.9 Å². The lowest BCUT2D eigenvalue weighted by Crippen LogP contribution is -2.39. The molecule has 0 aromatic heterocycles. The number of fused-ring (bicyclic) bond motifs is 1. The average molecular weight is 425 g/mol. The van der Waals surface area contributed by atoms with Gasteiger partial charge in [0.05, 0.1) is 6.04 Å². The number of halogens is 1. The van der Waals surface area contributed by atoms with Crippen LogP contribution < -0.4 is 21.1 Å². The van der Waals surface area contributed by atoms with E-state index < -0.39 is 26.8 Å². The van der Waals surface area contributed by atoms with E-state index in [0.717, 1.165) is 60.8 Å². The zero-order chi connectivity index (χ0) is 21.3. The Hall–Kier alpha value is -2.20. The molecular formula is C19H29FN6O2S. The third-order valence-electron chi connectivity index (χ3n) is 5.49. The summed E-state index contributed by atoms with van der Waals surface area (Å²) in [5.41, 5.74) is 4.04. The SMILES string of the molecule is CC(C)N/C=C(/F)C(=N)S(N)(=O)=NC(=O)NC1=C2CCC(C)C2NC2=C1CCC2. The van der Waals surface area contributed by atoms with Crippen LogP contribution in [0.15, 0.2) is 38.9 Å². The van der Waals surface area contributed by atoms with Gasteiger partial charge in [0.2, 0.25) is 0 Å². The maximum absolute atomic E-state index is 14.1. The minimum absolute atomic E-state index is 0.0772. The minimum atomic E-state index is -4.00. The normalized spacial score (nSPS) is 25.9. The standard InChI is InChI=1S/C19H29FN6O2S/c1-10(2)23-9-14(20)18(21)29(22,28)26-19(27)25-17-12-5-4-6-15(12)24-16-11(3)7-8-13(16)17/h9-11,16,21,23-24H,4-8H2,1-3H3,(H3,22,25,26,27,28)/b14-9+,21-18?. The van der Waals surface area contributed by atoms with Crippen LogP contribution in [-0.4, -0.2) is 27.4 Å². The number of nitrogens with two attached hydrogens (primary N) is 1. The molecule has 0 radical (unpaired) electrons. The monoisotopic (exact) mass is 424 g/mol. The van der Waals surface area contributed by atoms with Gasteiger partial charge in [-0.25, -0.2) is 18.5 Å². The van der Waals surface area contributed by atoms with Crippen molar-refractivity contribution in [3.63, 3.8) is 0 Å². The first-order valence-corrected chi connectivity index (χ1v) is 11.5. The summed E-state index contributed by atoms with van der Waals surface area (Å²) in [6, 6.07) is -0.829. The fourth-order valence-electron chi connectivity index (χ4n) is 4.02. The molecule has 1 heterocycles. The first kappa shape index (κ1) is 21.5. The Morgan fingerprint density at radius 3 is 2.83 bits per heavy atom. The van der Waals surface area contributed by atoms with Gasteiger partial charge in [0.1, 0.15) is 0 Å². The molecule has 6 N–H and O–H groups in total. The van der Waals surface area contributed by atoms with Crippen LogP contribution in [0.25, 0.3) is 0 Å². The number of rotatable bonds is 4. The summed E-state index contributed by atoms with van der Waals surface area (Å²) < 4.78 is 30.0. The van der Waals surface area contributed by atoms with Crippen LogP contribution in [0.4, 0.5) is 9.18 Å². The second-order valence-corrected chi connectivity index (χ2v) is 9.81. The maximum Gasteiger partial charge on any atom is 0.354 e. The van der Waals surface area contributed by atoms with Crippen LogP contribution in [-0.2, 0) is 9.92 Å². The number of allylic oxidation sites excluding steroid dienone is 2. The molecular weight excluding hydrogens is 395 g/mol. The number of carbonyl (C=O) groups excluding carboxylic acids is 1. The van der Waals surface area contributed by atoms with Gasteiger partial charge in [0, 0.05) is 23.6 Å². The smallest absolute Gasteiger partial charge is 0.354 e.